The molecule has 0 spiro atoms. The number of H-pyrrole nitrogens is 1. The Balaban J connectivity index is 1.49. The Labute approximate surface area is 241 Å². The van der Waals surface area contributed by atoms with Gasteiger partial charge in [-0.15, -0.1) is 0 Å². The highest BCUT2D eigenvalue weighted by atomic mass is 79.9. The molecule has 4 aromatic rings. The van der Waals surface area contributed by atoms with Gasteiger partial charge in [0.25, 0.3) is 0 Å². The topological polar surface area (TPSA) is 176 Å². The summed E-state index contributed by atoms with van der Waals surface area (Å²) < 4.78 is 8.10. The van der Waals surface area contributed by atoms with E-state index in [4.69, 9.17) is 21.4 Å². The van der Waals surface area contributed by atoms with Crippen molar-refractivity contribution in [2.24, 2.45) is 0 Å². The van der Waals surface area contributed by atoms with E-state index in [1.807, 2.05) is 6.07 Å². The lowest BCUT2D eigenvalue weighted by Crippen LogP contribution is -2.50. The van der Waals surface area contributed by atoms with E-state index in [1.54, 1.807) is 37.7 Å². The van der Waals surface area contributed by atoms with Gasteiger partial charge in [-0.05, 0) is 39.3 Å². The number of carbonyl (C=O) groups excluding carboxylic acids is 1. The van der Waals surface area contributed by atoms with Gasteiger partial charge < -0.3 is 24.6 Å². The van der Waals surface area contributed by atoms with Crippen LogP contribution in [0.25, 0.3) is 11.2 Å². The normalized spacial score (nSPS) is 17.3. The molecule has 0 bridgehead atoms. The number of carbonyl (C=O) groups is 2. The summed E-state index contributed by atoms with van der Waals surface area (Å²) in [5, 5.41) is 21.8. The van der Waals surface area contributed by atoms with Crippen LogP contribution in [-0.4, -0.2) is 70.7 Å². The molecule has 2 amide bonds. The van der Waals surface area contributed by atoms with Gasteiger partial charge in [-0.1, -0.05) is 27.5 Å². The van der Waals surface area contributed by atoms with Crippen molar-refractivity contribution in [1.29, 1.82) is 0 Å². The van der Waals surface area contributed by atoms with Gasteiger partial charge in [0.2, 0.25) is 0 Å². The minimum absolute atomic E-state index is 0.0937. The first-order chi connectivity index (χ1) is 18.9. The molecule has 1 fully saturated rings. The molecule has 1 saturated heterocycles. The highest BCUT2D eigenvalue weighted by Crippen LogP contribution is 2.39. The van der Waals surface area contributed by atoms with E-state index in [1.165, 1.54) is 12.7 Å². The third-order valence-electron chi connectivity index (χ3n) is 6.31. The summed E-state index contributed by atoms with van der Waals surface area (Å²) in [4.78, 5) is 43.1. The minimum atomic E-state index is -1.25. The molecule has 1 aliphatic rings. The van der Waals surface area contributed by atoms with Crippen LogP contribution in [0.5, 0.6) is 0 Å². The van der Waals surface area contributed by atoms with Gasteiger partial charge in [-0.3, -0.25) is 10.4 Å². The lowest BCUT2D eigenvalue weighted by molar-refractivity contribution is 0.0457. The summed E-state index contributed by atoms with van der Waals surface area (Å²) >= 11 is 10.2. The smallest absolute Gasteiger partial charge is 0.410 e. The number of anilines is 2. The van der Waals surface area contributed by atoms with Gasteiger partial charge in [0.15, 0.2) is 22.8 Å². The van der Waals surface area contributed by atoms with E-state index >= 15 is 0 Å². The number of halogens is 2. The number of alkyl carbamates (subject to hydrolysis) is 1. The fourth-order valence-electron chi connectivity index (χ4n) is 4.69. The van der Waals surface area contributed by atoms with E-state index in [-0.39, 0.29) is 5.82 Å². The Kier molecular flexibility index (Phi) is 7.27. The number of hydrogen-bond donors (Lipinski definition) is 4. The number of fused-ring (bicyclic) bond motifs is 1. The predicted octanol–water partition coefficient (Wildman–Crippen LogP) is 4.13. The van der Waals surface area contributed by atoms with Crippen molar-refractivity contribution in [3.63, 3.8) is 0 Å². The standard InChI is InChI=1S/C24H26BrClN10O4/c1-23(2,3)40-22(39)33-24(20-29-11-31-34-20)4-5-35(9-24)16-7-13(26)6-15(25)14(16)8-36-12-30-17-18(32-21(37)38)27-10-28-19(17)36/h6-7,10-12H,4-5,8-9H2,1-3H3,(H,33,39)(H,37,38)(H,27,28,32)(H,29,31,34). The van der Waals surface area contributed by atoms with Gasteiger partial charge >= 0.3 is 12.2 Å². The number of aromatic nitrogens is 7. The highest BCUT2D eigenvalue weighted by Gasteiger charge is 2.45. The number of nitrogens with one attached hydrogen (secondary N) is 3. The van der Waals surface area contributed by atoms with Gasteiger partial charge in [-0.25, -0.2) is 29.5 Å². The van der Waals surface area contributed by atoms with Crippen molar-refractivity contribution in [2.75, 3.05) is 23.3 Å². The maximum atomic E-state index is 12.9. The first-order valence-electron chi connectivity index (χ1n) is 12.2. The number of aromatic amines is 1. The zero-order chi connectivity index (χ0) is 28.7. The third-order valence-corrected chi connectivity index (χ3v) is 7.24. The molecular formula is C24H26BrClN10O4. The van der Waals surface area contributed by atoms with Crippen molar-refractivity contribution in [1.82, 2.24) is 40.0 Å². The molecular weight excluding hydrogens is 608 g/mol. The van der Waals surface area contributed by atoms with E-state index in [0.29, 0.717) is 48.1 Å². The molecule has 4 N–H and O–H groups in total. The van der Waals surface area contributed by atoms with Crippen molar-refractivity contribution in [2.45, 2.75) is 44.9 Å². The fourth-order valence-corrected chi connectivity index (χ4v) is 5.61. The quantitative estimate of drug-likeness (QED) is 0.241. The number of benzene rings is 1. The maximum absolute atomic E-state index is 12.9. The van der Waals surface area contributed by atoms with E-state index in [9.17, 15) is 9.59 Å². The van der Waals surface area contributed by atoms with Crippen LogP contribution in [-0.2, 0) is 16.8 Å². The number of ether oxygens (including phenoxy) is 1. The number of hydrogen-bond acceptors (Lipinski definition) is 9. The second kappa shape index (κ2) is 10.5. The molecule has 1 aliphatic heterocycles. The molecule has 1 atom stereocenters. The summed E-state index contributed by atoms with van der Waals surface area (Å²) in [6.45, 7) is 6.66. The molecule has 16 heteroatoms. The molecule has 0 aliphatic carbocycles. The number of carboxylic acid groups (broad SMARTS) is 1. The fraction of sp³-hybridized carbons (Fsp3) is 0.375. The van der Waals surface area contributed by atoms with Gasteiger partial charge in [-0.2, -0.15) is 5.10 Å². The minimum Gasteiger partial charge on any atom is -0.465 e. The van der Waals surface area contributed by atoms with Gasteiger partial charge in [0, 0.05) is 33.8 Å². The summed E-state index contributed by atoms with van der Waals surface area (Å²) in [6, 6.07) is 3.65. The Morgan fingerprint density at radius 1 is 1.23 bits per heavy atom. The van der Waals surface area contributed by atoms with Crippen LogP contribution in [0.1, 0.15) is 38.6 Å². The highest BCUT2D eigenvalue weighted by molar-refractivity contribution is 9.10. The van der Waals surface area contributed by atoms with Crippen molar-refractivity contribution >= 4 is 62.4 Å². The average Bonchev–Trinajstić information content (AvgIpc) is 3.60. The molecule has 3 aromatic heterocycles. The molecule has 0 radical (unpaired) electrons. The first kappa shape index (κ1) is 27.6. The molecule has 210 valence electrons. The number of nitrogens with zero attached hydrogens (tertiary/aromatic N) is 7. The zero-order valence-corrected chi connectivity index (χ0v) is 24.1. The largest absolute Gasteiger partial charge is 0.465 e. The lowest BCUT2D eigenvalue weighted by atomic mass is 9.98. The Morgan fingerprint density at radius 3 is 2.73 bits per heavy atom. The predicted molar refractivity (Wildman–Crippen MR) is 149 cm³/mol. The third kappa shape index (κ3) is 5.65. The van der Waals surface area contributed by atoms with Crippen molar-refractivity contribution in [3.8, 4) is 0 Å². The van der Waals surface area contributed by atoms with E-state index < -0.39 is 23.3 Å². The molecule has 14 nitrogen and oxygen atoms in total. The Hall–Kier alpha value is -3.98. The monoisotopic (exact) mass is 632 g/mol. The number of amides is 2. The molecule has 5 rings (SSSR count). The maximum Gasteiger partial charge on any atom is 0.410 e. The summed E-state index contributed by atoms with van der Waals surface area (Å²) in [5.74, 6) is 0.607. The van der Waals surface area contributed by atoms with Gasteiger partial charge in [0.05, 0.1) is 12.9 Å². The van der Waals surface area contributed by atoms with Crippen LogP contribution in [0.2, 0.25) is 5.02 Å². The van der Waals surface area contributed by atoms with E-state index in [0.717, 1.165) is 15.7 Å². The SMILES string of the molecule is CC(C)(C)OC(=O)NC1(c2ncn[nH]2)CCN(c2cc(Cl)cc(Br)c2Cn2cnc3c(NC(=O)O)ncnc32)C1. The van der Waals surface area contributed by atoms with Crippen molar-refractivity contribution in [3.05, 3.63) is 52.0 Å². The summed E-state index contributed by atoms with van der Waals surface area (Å²) in [6.07, 6.45) is 2.96. The van der Waals surface area contributed by atoms with E-state index in [2.05, 4.69) is 61.6 Å². The van der Waals surface area contributed by atoms with Crippen LogP contribution < -0.4 is 15.5 Å². The molecule has 4 heterocycles. The molecule has 40 heavy (non-hydrogen) atoms. The molecule has 0 saturated carbocycles. The molecule has 1 aromatic carbocycles. The lowest BCUT2D eigenvalue weighted by Gasteiger charge is -2.31. The second-order valence-corrected chi connectivity index (χ2v) is 11.6. The second-order valence-electron chi connectivity index (χ2n) is 10.3. The molecule has 1 unspecified atom stereocenters. The average molecular weight is 634 g/mol. The van der Waals surface area contributed by atoms with Gasteiger partial charge in [0.1, 0.15) is 23.8 Å². The Morgan fingerprint density at radius 2 is 2.02 bits per heavy atom. The van der Waals surface area contributed by atoms with Crippen LogP contribution in [0.15, 0.2) is 35.6 Å². The number of rotatable bonds is 6. The first-order valence-corrected chi connectivity index (χ1v) is 13.4. The summed E-state index contributed by atoms with van der Waals surface area (Å²) in [5.41, 5.74) is 0.913. The summed E-state index contributed by atoms with van der Waals surface area (Å²) in [7, 11) is 0. The van der Waals surface area contributed by atoms with Crippen LogP contribution in [0.3, 0.4) is 0 Å². The van der Waals surface area contributed by atoms with Crippen LogP contribution in [0, 0.1) is 0 Å². The Bertz CT molecular complexity index is 1570. The van der Waals surface area contributed by atoms with Crippen LogP contribution >= 0.6 is 27.5 Å². The van der Waals surface area contributed by atoms with Crippen molar-refractivity contribution < 1.29 is 19.4 Å². The number of imidazole rings is 1. The zero-order valence-electron chi connectivity index (χ0n) is 21.8. The van der Waals surface area contributed by atoms with Crippen LogP contribution in [0.4, 0.5) is 21.1 Å².